The van der Waals surface area contributed by atoms with E-state index in [9.17, 15) is 37.9 Å². The van der Waals surface area contributed by atoms with Gasteiger partial charge in [0.05, 0.1) is 39.1 Å². The number of esters is 2. The fourth-order valence-electron chi connectivity index (χ4n) is 8.08. The van der Waals surface area contributed by atoms with Gasteiger partial charge in [-0.2, -0.15) is 9.97 Å². The highest BCUT2D eigenvalue weighted by atomic mass is 31.2. The molecule has 0 radical (unpaired) electrons. The van der Waals surface area contributed by atoms with Crippen molar-refractivity contribution in [2.75, 3.05) is 63.9 Å². The molecular formula is C50H72N10O14P2. The Morgan fingerprint density at radius 3 is 1.30 bits per heavy atom. The number of nitrogens with one attached hydrogen (secondary N) is 2. The average Bonchev–Trinajstić information content (AvgIpc) is 3.29. The number of rotatable bonds is 22. The molecule has 76 heavy (non-hydrogen) atoms. The molecule has 4 N–H and O–H groups in total. The number of aromatic amines is 2. The normalized spacial score (nSPS) is 12.3. The van der Waals surface area contributed by atoms with Crippen molar-refractivity contribution in [2.24, 2.45) is 10.8 Å². The quantitative estimate of drug-likeness (QED) is 0.0184. The number of carbonyl (C=O) groups is 2. The van der Waals surface area contributed by atoms with Gasteiger partial charge in [-0.05, 0) is 116 Å². The van der Waals surface area contributed by atoms with Crippen molar-refractivity contribution in [3.63, 3.8) is 0 Å². The van der Waals surface area contributed by atoms with Crippen LogP contribution in [0.3, 0.4) is 0 Å². The molecule has 4 aliphatic rings. The molecule has 0 aromatic heterocycles. The molecule has 0 atom stereocenters. The van der Waals surface area contributed by atoms with E-state index in [-0.39, 0.29) is 35.4 Å². The van der Waals surface area contributed by atoms with Crippen LogP contribution in [0.1, 0.15) is 104 Å². The van der Waals surface area contributed by atoms with E-state index in [4.69, 9.17) is 28.3 Å². The summed E-state index contributed by atoms with van der Waals surface area (Å²) >= 11 is 0. The van der Waals surface area contributed by atoms with Gasteiger partial charge in [-0.25, -0.2) is 19.6 Å². The summed E-state index contributed by atoms with van der Waals surface area (Å²) in [6, 6.07) is 7.75. The van der Waals surface area contributed by atoms with Crippen molar-refractivity contribution in [1.82, 2.24) is 39.0 Å². The fourth-order valence-corrected chi connectivity index (χ4v) is 10.1. The largest absolute Gasteiger partial charge is 0.438 e. The van der Waals surface area contributed by atoms with Crippen molar-refractivity contribution in [2.45, 2.75) is 120 Å². The van der Waals surface area contributed by atoms with E-state index >= 15 is 0 Å². The Morgan fingerprint density at radius 1 is 0.579 bits per heavy atom. The first-order chi connectivity index (χ1) is 35.4. The third kappa shape index (κ3) is 16.4. The summed E-state index contributed by atoms with van der Waals surface area (Å²) in [5.74, 6) is -0.614. The summed E-state index contributed by atoms with van der Waals surface area (Å²) in [4.78, 5) is 116. The number of carbonyl (C=O) groups excluding carboxylic acids is 2. The molecule has 4 heterocycles. The Labute approximate surface area is 440 Å². The molecule has 0 spiro atoms. The van der Waals surface area contributed by atoms with Crippen LogP contribution in [0.25, 0.3) is 45.1 Å². The van der Waals surface area contributed by atoms with Crippen molar-refractivity contribution in [1.29, 1.82) is 0 Å². The van der Waals surface area contributed by atoms with Gasteiger partial charge in [-0.3, -0.25) is 47.3 Å². The van der Waals surface area contributed by atoms with Gasteiger partial charge >= 0.3 is 38.5 Å². The first kappa shape index (κ1) is 60.7. The maximum absolute atomic E-state index is 13.5. The molecule has 0 saturated carbocycles. The summed E-state index contributed by atoms with van der Waals surface area (Å²) < 4.78 is 49.2. The van der Waals surface area contributed by atoms with Crippen LogP contribution < -0.4 is 32.3 Å². The second-order valence-electron chi connectivity index (χ2n) is 21.1. The van der Waals surface area contributed by atoms with Crippen LogP contribution in [0.2, 0.25) is 0 Å². The smallest absolute Gasteiger partial charge is 0.349 e. The highest BCUT2D eigenvalue weighted by Crippen LogP contribution is 2.49. The molecule has 26 heteroatoms. The molecule has 0 unspecified atom stereocenters. The highest BCUT2D eigenvalue weighted by Gasteiger charge is 2.30. The predicted molar refractivity (Wildman–Crippen MR) is 290 cm³/mol. The number of aryl methyl sites for hydroxylation is 4. The van der Waals surface area contributed by atoms with Crippen molar-refractivity contribution in [3.8, 4) is 23.0 Å². The van der Waals surface area contributed by atoms with Crippen LogP contribution >= 0.6 is 15.2 Å². The molecule has 0 fully saturated rings. The Balaban J connectivity index is 0.000000306. The van der Waals surface area contributed by atoms with Gasteiger partial charge in [0, 0.05) is 58.8 Å². The van der Waals surface area contributed by atoms with Gasteiger partial charge in [0.1, 0.15) is 0 Å². The molecule has 2 aromatic rings. The van der Waals surface area contributed by atoms with Crippen LogP contribution in [-0.4, -0.2) is 115 Å². The number of unbranched alkanes of at least 4 members (excludes halogenated alkanes) is 6. The lowest BCUT2D eigenvalue weighted by atomic mass is 9.98. The molecule has 4 aliphatic heterocycles. The van der Waals surface area contributed by atoms with Crippen LogP contribution in [-0.2, 0) is 50.3 Å². The zero-order valence-corrected chi connectivity index (χ0v) is 47.3. The monoisotopic (exact) mass is 1100 g/mol. The molecule has 0 aliphatic carbocycles. The first-order valence-electron chi connectivity index (χ1n) is 24.9. The van der Waals surface area contributed by atoms with Gasteiger partial charge in [0.25, 0.3) is 11.1 Å². The third-order valence-electron chi connectivity index (χ3n) is 12.1. The molecule has 416 valence electrons. The Kier molecular flexibility index (Phi) is 20.2. The van der Waals surface area contributed by atoms with E-state index in [0.29, 0.717) is 69.1 Å². The summed E-state index contributed by atoms with van der Waals surface area (Å²) in [5, 5.41) is 0. The van der Waals surface area contributed by atoms with Crippen molar-refractivity contribution < 1.29 is 47.0 Å². The summed E-state index contributed by atoms with van der Waals surface area (Å²) in [6.07, 6.45) is 4.85. The van der Waals surface area contributed by atoms with Crippen molar-refractivity contribution >= 4 is 60.6 Å². The summed E-state index contributed by atoms with van der Waals surface area (Å²) in [5.41, 5.74) is 2.71. The lowest BCUT2D eigenvalue weighted by Crippen LogP contribution is -2.29. The number of aromatic nitrogens is 8. The minimum atomic E-state index is -3.97. The predicted octanol–water partition coefficient (Wildman–Crippen LogP) is 6.54. The van der Waals surface area contributed by atoms with E-state index in [1.807, 2.05) is 85.2 Å². The van der Waals surface area contributed by atoms with Crippen LogP contribution in [0, 0.1) is 24.7 Å². The number of H-pyrrole nitrogens is 2. The topological polar surface area (TPSA) is 313 Å². The number of hydrogen-bond acceptors (Lipinski definition) is 18. The zero-order valence-electron chi connectivity index (χ0n) is 45.5. The van der Waals surface area contributed by atoms with E-state index in [0.717, 1.165) is 40.0 Å². The zero-order chi connectivity index (χ0) is 56.5. The fraction of sp³-hybridized carbons (Fsp3) is 0.560. The highest BCUT2D eigenvalue weighted by molar-refractivity contribution is 7.53. The van der Waals surface area contributed by atoms with Gasteiger partial charge in [-0.1, -0.05) is 25.7 Å². The molecule has 0 bridgehead atoms. The van der Waals surface area contributed by atoms with Gasteiger partial charge < -0.3 is 38.2 Å². The maximum Gasteiger partial charge on any atom is 0.349 e. The number of fused-ring (bicyclic) bond motifs is 4. The SMILES string of the molecule is Cc1cc2nc3c(=O)[nH]c(=O)nc-3n(CCCCCCP(=O)(O)O)c2cc1N(C)C.Cc1cc2nc3c(=O)[nH]c(=O)nc-3n(CCCCCCP(=O)(OCOC(=O)C(C)(C)C)OCOC(=O)C(C)(C)C)c2cc1N(C)C. The number of hydrogen-bond donors (Lipinski definition) is 4. The second-order valence-corrected chi connectivity index (χ2v) is 25.0. The standard InChI is InChI=1S/C31H46N5O9P.C19H26N5O5P/c1-20-16-21-23(17-22(20)35(8)9)36(25-24(32-21)26(37)34-29(40)33-25)14-12-10-11-13-15-46(41,44-18-42-27(38)30(2,3)4)45-19-43-28(39)31(5,6)7;1-12-10-13-15(11-14(12)23(2)3)24(8-6-4-5-7-9-30(27,28)29)17-16(20-13)18(25)22-19(26)21-17/h16-17H,10-15,18-19H2,1-9H3,(H,34,37,40);10-11H,4-9H2,1-3H3,(H,22,25,26)(H2,27,28,29). The number of ether oxygens (including phenoxy) is 2. The molecule has 24 nitrogen and oxygen atoms in total. The minimum Gasteiger partial charge on any atom is -0.438 e. The lowest BCUT2D eigenvalue weighted by molar-refractivity contribution is -0.162. The molecule has 0 saturated heterocycles. The number of nitrogens with zero attached hydrogens (tertiary/aromatic N) is 8. The van der Waals surface area contributed by atoms with E-state index < -0.39 is 74.0 Å². The number of benzene rings is 2. The second kappa shape index (κ2) is 25.3. The van der Waals surface area contributed by atoms with Gasteiger partial charge in [-0.15, -0.1) is 0 Å². The number of anilines is 2. The Bertz CT molecular complexity index is 3280. The summed E-state index contributed by atoms with van der Waals surface area (Å²) in [6.45, 7) is 13.8. The maximum atomic E-state index is 13.5. The first-order valence-corrected chi connectivity index (χ1v) is 28.4. The van der Waals surface area contributed by atoms with Crippen LogP contribution in [0.5, 0.6) is 0 Å². The lowest BCUT2D eigenvalue weighted by Gasteiger charge is -2.22. The molecular weight excluding hydrogens is 1030 g/mol. The Morgan fingerprint density at radius 2 is 0.947 bits per heavy atom. The van der Waals surface area contributed by atoms with Gasteiger partial charge in [0.15, 0.2) is 23.0 Å². The van der Waals surface area contributed by atoms with Gasteiger partial charge in [0.2, 0.25) is 13.6 Å². The van der Waals surface area contributed by atoms with E-state index in [1.54, 1.807) is 41.5 Å². The molecule has 0 amide bonds. The third-order valence-corrected chi connectivity index (χ3v) is 14.8. The Hall–Kier alpha value is -6.16. The van der Waals surface area contributed by atoms with E-state index in [1.165, 1.54) is 0 Å². The van der Waals surface area contributed by atoms with Crippen LogP contribution in [0.15, 0.2) is 43.4 Å². The van der Waals surface area contributed by atoms with Crippen LogP contribution in [0.4, 0.5) is 11.4 Å². The molecule has 2 aromatic carbocycles. The minimum absolute atomic E-state index is 0.00332. The molecule has 6 rings (SSSR count). The average molecular weight is 1100 g/mol. The van der Waals surface area contributed by atoms with Crippen molar-refractivity contribution in [3.05, 3.63) is 77.1 Å². The summed E-state index contributed by atoms with van der Waals surface area (Å²) in [7, 11) is -0.0264. The van der Waals surface area contributed by atoms with E-state index in [2.05, 4.69) is 29.9 Å².